The Morgan fingerprint density at radius 3 is 2.17 bits per heavy atom. The number of nitrogens with zero attached hydrogens (tertiary/aromatic N) is 1. The van der Waals surface area contributed by atoms with Crippen molar-refractivity contribution in [2.75, 3.05) is 7.11 Å². The van der Waals surface area contributed by atoms with E-state index in [1.54, 1.807) is 30.3 Å². The van der Waals surface area contributed by atoms with Crippen LogP contribution >= 0.6 is 35.0 Å². The van der Waals surface area contributed by atoms with Gasteiger partial charge in [-0.25, -0.2) is 0 Å². The highest BCUT2D eigenvalue weighted by Crippen LogP contribution is 2.36. The Bertz CT molecular complexity index is 1420. The number of methoxy groups -OCH3 is 1. The van der Waals surface area contributed by atoms with Crippen molar-refractivity contribution >= 4 is 62.3 Å². The number of rotatable bonds is 7. The lowest BCUT2D eigenvalue weighted by Crippen LogP contribution is -2.27. The summed E-state index contributed by atoms with van der Waals surface area (Å²) in [7, 11) is -2.80. The van der Waals surface area contributed by atoms with Gasteiger partial charge in [-0.2, -0.15) is 8.42 Å². The highest BCUT2D eigenvalue weighted by Gasteiger charge is 2.35. The van der Waals surface area contributed by atoms with Crippen molar-refractivity contribution < 1.29 is 26.9 Å². The molecule has 0 unspecified atom stereocenters. The third-order valence-electron chi connectivity index (χ3n) is 4.91. The molecule has 0 aliphatic carbocycles. The second-order valence-corrected chi connectivity index (χ2v) is 10.7. The van der Waals surface area contributed by atoms with Gasteiger partial charge in [0.15, 0.2) is 11.5 Å². The Morgan fingerprint density at radius 1 is 0.914 bits per heavy atom. The van der Waals surface area contributed by atoms with E-state index in [1.807, 2.05) is 0 Å². The van der Waals surface area contributed by atoms with E-state index in [1.165, 1.54) is 49.6 Å². The van der Waals surface area contributed by atoms with E-state index in [-0.39, 0.29) is 27.8 Å². The lowest BCUT2D eigenvalue weighted by Gasteiger charge is -2.12. The number of imide groups is 1. The standard InChI is InChI=1S/C24H17Cl2NO6S2/c1-32-20-11-4-16(12-21(20)33-35(30,31)19-9-7-18(26)8-10-19)13-22-23(28)27(24(29)34-22)14-15-2-5-17(25)6-3-15/h2-13H,14H2,1H3/b22-13-. The normalized spacial score (nSPS) is 15.1. The van der Waals surface area contributed by atoms with Crippen LogP contribution in [0.25, 0.3) is 6.08 Å². The number of hydrogen-bond donors (Lipinski definition) is 0. The number of carbonyl (C=O) groups is 2. The van der Waals surface area contributed by atoms with Gasteiger partial charge in [-0.05, 0) is 77.5 Å². The van der Waals surface area contributed by atoms with Gasteiger partial charge in [-0.1, -0.05) is 41.4 Å². The van der Waals surface area contributed by atoms with E-state index >= 15 is 0 Å². The van der Waals surface area contributed by atoms with Crippen molar-refractivity contribution in [1.82, 2.24) is 4.90 Å². The number of ether oxygens (including phenoxy) is 1. The molecule has 3 aromatic rings. The van der Waals surface area contributed by atoms with Crippen molar-refractivity contribution in [3.8, 4) is 11.5 Å². The molecule has 0 radical (unpaired) electrons. The van der Waals surface area contributed by atoms with Crippen LogP contribution in [-0.4, -0.2) is 31.6 Å². The van der Waals surface area contributed by atoms with E-state index in [0.717, 1.165) is 22.2 Å². The second kappa shape index (κ2) is 10.3. The maximum Gasteiger partial charge on any atom is 0.339 e. The van der Waals surface area contributed by atoms with Gasteiger partial charge in [0, 0.05) is 10.0 Å². The fraction of sp³-hybridized carbons (Fsp3) is 0.0833. The Labute approximate surface area is 216 Å². The zero-order valence-corrected chi connectivity index (χ0v) is 21.2. The van der Waals surface area contributed by atoms with Crippen molar-refractivity contribution in [1.29, 1.82) is 0 Å². The van der Waals surface area contributed by atoms with Crippen molar-refractivity contribution in [2.24, 2.45) is 0 Å². The topological polar surface area (TPSA) is 90.0 Å². The first-order valence-electron chi connectivity index (χ1n) is 10.0. The highest BCUT2D eigenvalue weighted by atomic mass is 35.5. The van der Waals surface area contributed by atoms with Gasteiger partial charge in [0.2, 0.25) is 0 Å². The summed E-state index contributed by atoms with van der Waals surface area (Å²) in [6.07, 6.45) is 1.49. The fourth-order valence-electron chi connectivity index (χ4n) is 3.18. The third kappa shape index (κ3) is 5.82. The van der Waals surface area contributed by atoms with Crippen LogP contribution in [-0.2, 0) is 21.5 Å². The molecule has 0 spiro atoms. The summed E-state index contributed by atoms with van der Waals surface area (Å²) in [6, 6.07) is 16.9. The predicted octanol–water partition coefficient (Wildman–Crippen LogP) is 6.01. The molecule has 1 heterocycles. The summed E-state index contributed by atoms with van der Waals surface area (Å²) in [5.74, 6) is -0.353. The molecule has 0 atom stereocenters. The Morgan fingerprint density at radius 2 is 1.54 bits per heavy atom. The van der Waals surface area contributed by atoms with Gasteiger partial charge < -0.3 is 8.92 Å². The molecule has 1 aliphatic rings. The number of thioether (sulfide) groups is 1. The van der Waals surface area contributed by atoms with Crippen LogP contribution < -0.4 is 8.92 Å². The zero-order chi connectivity index (χ0) is 25.2. The molecule has 2 amide bonds. The van der Waals surface area contributed by atoms with Gasteiger partial charge in [-0.15, -0.1) is 0 Å². The second-order valence-electron chi connectivity index (χ2n) is 7.30. The zero-order valence-electron chi connectivity index (χ0n) is 18.1. The first-order valence-corrected chi connectivity index (χ1v) is 13.0. The Hall–Kier alpha value is -2.98. The van der Waals surface area contributed by atoms with Crippen LogP contribution in [0.3, 0.4) is 0 Å². The molecule has 1 aliphatic heterocycles. The molecular formula is C24H17Cl2NO6S2. The maximum atomic E-state index is 12.9. The molecular weight excluding hydrogens is 533 g/mol. The molecule has 0 aromatic heterocycles. The van der Waals surface area contributed by atoms with E-state index in [4.69, 9.17) is 32.1 Å². The minimum atomic E-state index is -4.18. The van der Waals surface area contributed by atoms with Gasteiger partial charge in [0.25, 0.3) is 11.1 Å². The molecule has 0 bridgehead atoms. The van der Waals surface area contributed by atoms with Crippen LogP contribution in [0.1, 0.15) is 11.1 Å². The molecule has 0 saturated carbocycles. The van der Waals surface area contributed by atoms with Crippen LogP contribution in [0, 0.1) is 0 Å². The molecule has 1 fully saturated rings. The summed E-state index contributed by atoms with van der Waals surface area (Å²) in [6.45, 7) is 0.107. The Kier molecular flexibility index (Phi) is 7.42. The minimum Gasteiger partial charge on any atom is -0.493 e. The monoisotopic (exact) mass is 549 g/mol. The molecule has 7 nitrogen and oxygen atoms in total. The molecule has 1 saturated heterocycles. The Balaban J connectivity index is 1.58. The van der Waals surface area contributed by atoms with Crippen LogP contribution in [0.5, 0.6) is 11.5 Å². The molecule has 4 rings (SSSR count). The average molecular weight is 550 g/mol. The molecule has 35 heavy (non-hydrogen) atoms. The largest absolute Gasteiger partial charge is 0.493 e. The number of carbonyl (C=O) groups excluding carboxylic acids is 2. The molecule has 3 aromatic carbocycles. The number of halogens is 2. The van der Waals surface area contributed by atoms with E-state index in [0.29, 0.717) is 15.6 Å². The summed E-state index contributed by atoms with van der Waals surface area (Å²) in [5, 5.41) is 0.526. The molecule has 180 valence electrons. The first kappa shape index (κ1) is 25.1. The lowest BCUT2D eigenvalue weighted by molar-refractivity contribution is -0.123. The van der Waals surface area contributed by atoms with Gasteiger partial charge >= 0.3 is 10.1 Å². The van der Waals surface area contributed by atoms with Gasteiger partial charge in [0.05, 0.1) is 18.6 Å². The van der Waals surface area contributed by atoms with Crippen molar-refractivity contribution in [2.45, 2.75) is 11.4 Å². The summed E-state index contributed by atoms with van der Waals surface area (Å²) in [4.78, 5) is 26.6. The van der Waals surface area contributed by atoms with E-state index in [2.05, 4.69) is 0 Å². The van der Waals surface area contributed by atoms with E-state index in [9.17, 15) is 18.0 Å². The number of amides is 2. The molecule has 0 N–H and O–H groups in total. The fourth-order valence-corrected chi connectivity index (χ4v) is 5.20. The van der Waals surface area contributed by atoms with Gasteiger partial charge in [0.1, 0.15) is 4.90 Å². The summed E-state index contributed by atoms with van der Waals surface area (Å²) < 4.78 is 36.0. The number of benzene rings is 3. The quantitative estimate of drug-likeness (QED) is 0.263. The van der Waals surface area contributed by atoms with Crippen LogP contribution in [0.15, 0.2) is 76.5 Å². The van der Waals surface area contributed by atoms with E-state index < -0.39 is 21.3 Å². The highest BCUT2D eigenvalue weighted by molar-refractivity contribution is 8.18. The van der Waals surface area contributed by atoms with Gasteiger partial charge in [-0.3, -0.25) is 14.5 Å². The van der Waals surface area contributed by atoms with Crippen molar-refractivity contribution in [3.05, 3.63) is 92.8 Å². The minimum absolute atomic E-state index is 0.0726. The van der Waals surface area contributed by atoms with Crippen LogP contribution in [0.2, 0.25) is 10.0 Å². The summed E-state index contributed by atoms with van der Waals surface area (Å²) in [5.41, 5.74) is 1.20. The average Bonchev–Trinajstić information content (AvgIpc) is 3.08. The lowest BCUT2D eigenvalue weighted by atomic mass is 10.1. The third-order valence-corrected chi connectivity index (χ3v) is 7.57. The predicted molar refractivity (Wildman–Crippen MR) is 135 cm³/mol. The van der Waals surface area contributed by atoms with Crippen LogP contribution in [0.4, 0.5) is 4.79 Å². The maximum absolute atomic E-state index is 12.9. The summed E-state index contributed by atoms with van der Waals surface area (Å²) >= 11 is 12.5. The SMILES string of the molecule is COc1ccc(/C=C2\SC(=O)N(Cc3ccc(Cl)cc3)C2=O)cc1OS(=O)(=O)c1ccc(Cl)cc1. The smallest absolute Gasteiger partial charge is 0.339 e. The molecule has 11 heteroatoms. The first-order chi connectivity index (χ1) is 16.7. The number of hydrogen-bond acceptors (Lipinski definition) is 7. The van der Waals surface area contributed by atoms with Crippen molar-refractivity contribution in [3.63, 3.8) is 0 Å².